The van der Waals surface area contributed by atoms with Gasteiger partial charge in [-0.25, -0.2) is 0 Å². The standard InChI is InChI=1S/C17H16O.4C2H6/c18-17(16-11-7-4-8-12-16)14-13-15-9-5-2-1-3-6-10-15;4*1-2/h1-2,4,6-14H,3,5H2;4*1-2H3/b2-1-,10-6-,14-13+,15-9+;;;;. The van der Waals surface area contributed by atoms with Gasteiger partial charge in [-0.05, 0) is 24.5 Å². The van der Waals surface area contributed by atoms with Gasteiger partial charge in [0.25, 0.3) is 0 Å². The Morgan fingerprint density at radius 1 is 0.769 bits per heavy atom. The van der Waals surface area contributed by atoms with Crippen LogP contribution in [0.1, 0.15) is 78.6 Å². The van der Waals surface area contributed by atoms with E-state index in [2.05, 4.69) is 30.4 Å². The molecule has 0 bridgehead atoms. The van der Waals surface area contributed by atoms with E-state index in [-0.39, 0.29) is 5.78 Å². The third-order valence-corrected chi connectivity index (χ3v) is 2.72. The molecule has 0 N–H and O–H groups in total. The number of allylic oxidation sites excluding steroid dienone is 8. The molecule has 1 aromatic carbocycles. The average molecular weight is 357 g/mol. The summed E-state index contributed by atoms with van der Waals surface area (Å²) in [5.74, 6) is 0.0440. The molecule has 0 aliphatic heterocycles. The van der Waals surface area contributed by atoms with E-state index in [9.17, 15) is 4.79 Å². The van der Waals surface area contributed by atoms with Gasteiger partial charge < -0.3 is 0 Å². The molecule has 2 rings (SSSR count). The van der Waals surface area contributed by atoms with E-state index in [1.165, 1.54) is 0 Å². The van der Waals surface area contributed by atoms with Crippen molar-refractivity contribution in [1.82, 2.24) is 0 Å². The van der Waals surface area contributed by atoms with E-state index >= 15 is 0 Å². The molecular weight excluding hydrogens is 316 g/mol. The van der Waals surface area contributed by atoms with Crippen LogP contribution in [-0.2, 0) is 0 Å². The van der Waals surface area contributed by atoms with Gasteiger partial charge in [-0.1, -0.05) is 122 Å². The Morgan fingerprint density at radius 2 is 1.31 bits per heavy atom. The largest absolute Gasteiger partial charge is 0.289 e. The highest BCUT2D eigenvalue weighted by atomic mass is 16.1. The second-order valence-corrected chi connectivity index (χ2v) is 4.11. The monoisotopic (exact) mass is 356 g/mol. The van der Waals surface area contributed by atoms with Crippen molar-refractivity contribution in [1.29, 1.82) is 0 Å². The lowest BCUT2D eigenvalue weighted by molar-refractivity contribution is 0.104. The third kappa shape index (κ3) is 15.4. The Labute approximate surface area is 163 Å². The lowest BCUT2D eigenvalue weighted by Gasteiger charge is -1.98. The van der Waals surface area contributed by atoms with Crippen molar-refractivity contribution in [3.05, 3.63) is 84.0 Å². The smallest absolute Gasteiger partial charge is 0.185 e. The van der Waals surface area contributed by atoms with Gasteiger partial charge in [0.2, 0.25) is 0 Å². The molecule has 0 amide bonds. The molecule has 0 saturated carbocycles. The molecule has 0 radical (unpaired) electrons. The molecule has 0 fully saturated rings. The van der Waals surface area contributed by atoms with Crippen LogP contribution in [0.5, 0.6) is 0 Å². The Morgan fingerprint density at radius 3 is 1.88 bits per heavy atom. The van der Waals surface area contributed by atoms with Crippen molar-refractivity contribution in [2.75, 3.05) is 0 Å². The minimum Gasteiger partial charge on any atom is -0.289 e. The van der Waals surface area contributed by atoms with Gasteiger partial charge in [0.15, 0.2) is 5.78 Å². The minimum atomic E-state index is 0.0440. The summed E-state index contributed by atoms with van der Waals surface area (Å²) in [6, 6.07) is 9.32. The van der Waals surface area contributed by atoms with E-state index in [0.29, 0.717) is 0 Å². The lowest BCUT2D eigenvalue weighted by atomic mass is 10.1. The molecule has 1 heteroatoms. The summed E-state index contributed by atoms with van der Waals surface area (Å²) in [4.78, 5) is 11.9. The zero-order valence-corrected chi connectivity index (χ0v) is 18.3. The zero-order chi connectivity index (χ0) is 20.6. The number of carbonyl (C=O) groups is 1. The van der Waals surface area contributed by atoms with E-state index < -0.39 is 0 Å². The van der Waals surface area contributed by atoms with Gasteiger partial charge in [-0.3, -0.25) is 4.79 Å². The second kappa shape index (κ2) is 25.1. The van der Waals surface area contributed by atoms with E-state index in [4.69, 9.17) is 0 Å². The first-order valence-corrected chi connectivity index (χ1v) is 10.2. The molecular formula is C25H40O. The van der Waals surface area contributed by atoms with E-state index in [0.717, 1.165) is 24.0 Å². The van der Waals surface area contributed by atoms with Crippen molar-refractivity contribution in [2.45, 2.75) is 68.2 Å². The third-order valence-electron chi connectivity index (χ3n) is 2.72. The highest BCUT2D eigenvalue weighted by Crippen LogP contribution is 2.08. The van der Waals surface area contributed by atoms with Gasteiger partial charge >= 0.3 is 0 Å². The van der Waals surface area contributed by atoms with Crippen molar-refractivity contribution in [3.63, 3.8) is 0 Å². The lowest BCUT2D eigenvalue weighted by Crippen LogP contribution is -1.93. The number of rotatable bonds is 3. The maximum absolute atomic E-state index is 11.9. The summed E-state index contributed by atoms with van der Waals surface area (Å²) in [6.07, 6.45) is 15.9. The highest BCUT2D eigenvalue weighted by Gasteiger charge is 1.99. The number of hydrogen-bond acceptors (Lipinski definition) is 1. The molecule has 0 unspecified atom stereocenters. The molecule has 0 spiro atoms. The SMILES string of the molecule is CC.CC.CC.CC.O=C(/C=C/C1=C/C/C=C\C/C=C\1)c1ccccc1. The first-order chi connectivity index (χ1) is 12.9. The summed E-state index contributed by atoms with van der Waals surface area (Å²) < 4.78 is 0. The van der Waals surface area contributed by atoms with Gasteiger partial charge in [0.1, 0.15) is 0 Å². The number of carbonyl (C=O) groups excluding carboxylic acids is 1. The van der Waals surface area contributed by atoms with Gasteiger partial charge in [-0.2, -0.15) is 0 Å². The average Bonchev–Trinajstić information content (AvgIpc) is 2.73. The fourth-order valence-electron chi connectivity index (χ4n) is 1.74. The van der Waals surface area contributed by atoms with Crippen LogP contribution < -0.4 is 0 Å². The van der Waals surface area contributed by atoms with Crippen LogP contribution in [0.2, 0.25) is 0 Å². The molecule has 26 heavy (non-hydrogen) atoms. The second-order valence-electron chi connectivity index (χ2n) is 4.11. The maximum Gasteiger partial charge on any atom is 0.185 e. The van der Waals surface area contributed by atoms with Crippen molar-refractivity contribution >= 4 is 5.78 Å². The molecule has 0 atom stereocenters. The van der Waals surface area contributed by atoms with Gasteiger partial charge in [0.05, 0.1) is 0 Å². The normalized spacial score (nSPS) is 15.9. The van der Waals surface area contributed by atoms with Crippen LogP contribution in [0.15, 0.2) is 78.4 Å². The topological polar surface area (TPSA) is 17.1 Å². The predicted octanol–water partition coefficient (Wildman–Crippen LogP) is 8.36. The molecule has 0 heterocycles. The molecule has 1 nitrogen and oxygen atoms in total. The molecule has 0 saturated heterocycles. The Kier molecular flexibility index (Phi) is 27.6. The number of benzene rings is 1. The van der Waals surface area contributed by atoms with Gasteiger partial charge in [-0.15, -0.1) is 0 Å². The van der Waals surface area contributed by atoms with Crippen LogP contribution in [0, 0.1) is 0 Å². The van der Waals surface area contributed by atoms with Crippen LogP contribution in [0.4, 0.5) is 0 Å². The highest BCUT2D eigenvalue weighted by molar-refractivity contribution is 6.04. The number of hydrogen-bond donors (Lipinski definition) is 0. The number of ketones is 1. The Bertz CT molecular complexity index is 516. The fraction of sp³-hybridized carbons (Fsp3) is 0.400. The van der Waals surface area contributed by atoms with Crippen molar-refractivity contribution < 1.29 is 4.79 Å². The van der Waals surface area contributed by atoms with Crippen LogP contribution >= 0.6 is 0 Å². The van der Waals surface area contributed by atoms with Crippen LogP contribution in [0.3, 0.4) is 0 Å². The summed E-state index contributed by atoms with van der Waals surface area (Å²) in [7, 11) is 0. The van der Waals surface area contributed by atoms with Gasteiger partial charge in [0, 0.05) is 5.56 Å². The van der Waals surface area contributed by atoms with Crippen molar-refractivity contribution in [3.8, 4) is 0 Å². The summed E-state index contributed by atoms with van der Waals surface area (Å²) in [5, 5.41) is 0. The fourth-order valence-corrected chi connectivity index (χ4v) is 1.74. The molecule has 1 aliphatic rings. The van der Waals surface area contributed by atoms with Crippen molar-refractivity contribution in [2.24, 2.45) is 0 Å². The van der Waals surface area contributed by atoms with E-state index in [1.807, 2.05) is 91.8 Å². The van der Waals surface area contributed by atoms with Crippen LogP contribution in [-0.4, -0.2) is 5.78 Å². The van der Waals surface area contributed by atoms with Crippen LogP contribution in [0.25, 0.3) is 0 Å². The first-order valence-electron chi connectivity index (χ1n) is 10.2. The quantitative estimate of drug-likeness (QED) is 0.302. The molecule has 146 valence electrons. The Balaban J connectivity index is -0.000000585. The summed E-state index contributed by atoms with van der Waals surface area (Å²) >= 11 is 0. The summed E-state index contributed by atoms with van der Waals surface area (Å²) in [6.45, 7) is 16.0. The van der Waals surface area contributed by atoms with E-state index in [1.54, 1.807) is 6.08 Å². The minimum absolute atomic E-state index is 0.0440. The maximum atomic E-state index is 11.9. The Hall–Kier alpha value is -2.15. The molecule has 1 aromatic rings. The first kappa shape index (κ1) is 28.6. The zero-order valence-electron chi connectivity index (χ0n) is 18.3. The molecule has 1 aliphatic carbocycles. The predicted molar refractivity (Wildman–Crippen MR) is 121 cm³/mol. The molecule has 0 aromatic heterocycles. The summed E-state index contributed by atoms with van der Waals surface area (Å²) in [5.41, 5.74) is 1.81.